The fourth-order valence-corrected chi connectivity index (χ4v) is 5.16. The number of benzene rings is 2. The molecule has 1 aromatic heterocycles. The summed E-state index contributed by atoms with van der Waals surface area (Å²) in [7, 11) is 2.98. The largest absolute Gasteiger partial charge is 0.483 e. The summed E-state index contributed by atoms with van der Waals surface area (Å²) in [5.41, 5.74) is 1.32. The summed E-state index contributed by atoms with van der Waals surface area (Å²) in [6.07, 6.45) is 0.635. The second kappa shape index (κ2) is 13.7. The van der Waals surface area contributed by atoms with Gasteiger partial charge in [-0.2, -0.15) is 5.10 Å². The van der Waals surface area contributed by atoms with Crippen LogP contribution in [0.1, 0.15) is 71.2 Å². The summed E-state index contributed by atoms with van der Waals surface area (Å²) >= 11 is 0. The predicted octanol–water partition coefficient (Wildman–Crippen LogP) is 5.28. The molecule has 0 spiro atoms. The maximum atomic E-state index is 14.8. The molecule has 0 radical (unpaired) electrons. The minimum atomic E-state index is -0.698. The molecule has 12 heteroatoms. The van der Waals surface area contributed by atoms with Crippen molar-refractivity contribution >= 4 is 23.8 Å². The molecule has 2 aromatic carbocycles. The normalized spacial score (nSPS) is 16.2. The number of methoxy groups -OCH3 is 1. The molecule has 1 fully saturated rings. The van der Waals surface area contributed by atoms with Gasteiger partial charge in [0.15, 0.2) is 5.82 Å². The Morgan fingerprint density at radius 3 is 2.40 bits per heavy atom. The molecule has 2 heterocycles. The average Bonchev–Trinajstić information content (AvgIpc) is 3.36. The molecule has 0 unspecified atom stereocenters. The van der Waals surface area contributed by atoms with Crippen LogP contribution in [0.4, 0.5) is 15.0 Å². The molecule has 1 saturated heterocycles. The number of hydrogen-bond donors (Lipinski definition) is 1. The van der Waals surface area contributed by atoms with Gasteiger partial charge < -0.3 is 24.4 Å². The first kappa shape index (κ1) is 33.4. The van der Waals surface area contributed by atoms with Gasteiger partial charge in [0, 0.05) is 57.1 Å². The maximum Gasteiger partial charge on any atom is 0.410 e. The minimum absolute atomic E-state index is 0.0509. The fourth-order valence-electron chi connectivity index (χ4n) is 5.16. The number of nitrogens with zero attached hydrogens (tertiary/aromatic N) is 4. The Hall–Kier alpha value is -4.45. The van der Waals surface area contributed by atoms with Crippen LogP contribution in [0.3, 0.4) is 0 Å². The van der Waals surface area contributed by atoms with Gasteiger partial charge in [0.2, 0.25) is 0 Å². The lowest BCUT2D eigenvalue weighted by Gasteiger charge is -2.41. The highest BCUT2D eigenvalue weighted by Crippen LogP contribution is 2.31. The van der Waals surface area contributed by atoms with Crippen molar-refractivity contribution in [3.8, 4) is 5.75 Å². The summed E-state index contributed by atoms with van der Waals surface area (Å²) in [5.74, 6) is -0.957. The van der Waals surface area contributed by atoms with Gasteiger partial charge in [0.05, 0.1) is 7.11 Å². The number of esters is 1. The Balaban J connectivity index is 1.62. The number of carbonyl (C=O) groups is 3. The van der Waals surface area contributed by atoms with E-state index in [9.17, 15) is 18.8 Å². The smallest absolute Gasteiger partial charge is 0.410 e. The molecule has 1 aliphatic rings. The second-order valence-electron chi connectivity index (χ2n) is 12.4. The van der Waals surface area contributed by atoms with E-state index in [1.165, 1.54) is 19.2 Å². The van der Waals surface area contributed by atoms with Gasteiger partial charge in [0.25, 0.3) is 5.91 Å². The molecular formula is C33H42FN5O6. The third kappa shape index (κ3) is 8.39. The Bertz CT molecular complexity index is 1570. The molecule has 242 valence electrons. The van der Waals surface area contributed by atoms with E-state index in [2.05, 4.69) is 15.3 Å². The van der Waals surface area contributed by atoms with Gasteiger partial charge in [-0.15, -0.1) is 0 Å². The molecule has 45 heavy (non-hydrogen) atoms. The standard InChI is InChI=1S/C33H42FN5O6/c1-20-9-10-23(16-26(20)34)28(19-38-13-14-39(22(3)18-38)32(42)45-33(4,5)6)44-27-15-21(2)24(17-25(27)31(41)43-8)30(40)35-29-11-12-37(7)36-29/h9-12,15-17,22,28H,13-14,18-19H2,1-8H3,(H,35,36,40)/t22-,28-/m1/s1. The van der Waals surface area contributed by atoms with E-state index in [-0.39, 0.29) is 34.8 Å². The SMILES string of the molecule is COC(=O)c1cc(C(=O)Nc2ccn(C)n2)c(C)cc1O[C@H](CN1CCN(C(=O)OC(C)(C)C)[C@H](C)C1)c1ccc(C)c(F)c1. The number of amides is 2. The van der Waals surface area contributed by atoms with Crippen molar-refractivity contribution in [3.63, 3.8) is 0 Å². The van der Waals surface area contributed by atoms with Gasteiger partial charge in [-0.25, -0.2) is 14.0 Å². The number of rotatable bonds is 8. The first-order valence-electron chi connectivity index (χ1n) is 14.8. The molecule has 0 bridgehead atoms. The molecule has 2 amide bonds. The van der Waals surface area contributed by atoms with Crippen LogP contribution in [0.5, 0.6) is 5.75 Å². The molecule has 0 saturated carbocycles. The lowest BCUT2D eigenvalue weighted by atomic mass is 10.0. The van der Waals surface area contributed by atoms with Gasteiger partial charge in [-0.05, 0) is 76.4 Å². The van der Waals surface area contributed by atoms with Crippen LogP contribution in [-0.2, 0) is 16.5 Å². The number of aryl methyl sites for hydroxylation is 3. The monoisotopic (exact) mass is 623 g/mol. The first-order valence-corrected chi connectivity index (χ1v) is 14.8. The zero-order valence-corrected chi connectivity index (χ0v) is 27.1. The minimum Gasteiger partial charge on any atom is -0.483 e. The molecule has 0 aliphatic carbocycles. The number of anilines is 1. The molecule has 1 N–H and O–H groups in total. The van der Waals surface area contributed by atoms with E-state index < -0.39 is 23.6 Å². The second-order valence-corrected chi connectivity index (χ2v) is 12.4. The van der Waals surface area contributed by atoms with Crippen LogP contribution in [0, 0.1) is 19.7 Å². The lowest BCUT2D eigenvalue weighted by molar-refractivity contribution is -0.00302. The topological polar surface area (TPSA) is 115 Å². The summed E-state index contributed by atoms with van der Waals surface area (Å²) in [6, 6.07) is 9.47. The summed E-state index contributed by atoms with van der Waals surface area (Å²) < 4.78 is 33.5. The van der Waals surface area contributed by atoms with Crippen molar-refractivity contribution < 1.29 is 33.0 Å². The van der Waals surface area contributed by atoms with Crippen LogP contribution in [0.25, 0.3) is 0 Å². The molecule has 2 atom stereocenters. The molecular weight excluding hydrogens is 581 g/mol. The Morgan fingerprint density at radius 2 is 1.80 bits per heavy atom. The number of hydrogen-bond acceptors (Lipinski definition) is 8. The lowest BCUT2D eigenvalue weighted by Crippen LogP contribution is -2.55. The zero-order chi connectivity index (χ0) is 33.1. The van der Waals surface area contributed by atoms with Crippen molar-refractivity contribution in [2.24, 2.45) is 7.05 Å². The Kier molecular flexibility index (Phi) is 10.2. The average molecular weight is 624 g/mol. The quantitative estimate of drug-likeness (QED) is 0.338. The van der Waals surface area contributed by atoms with Crippen molar-refractivity contribution in [3.05, 3.63) is 76.2 Å². The number of halogens is 1. The third-order valence-electron chi connectivity index (χ3n) is 7.53. The van der Waals surface area contributed by atoms with Crippen molar-refractivity contribution in [2.75, 3.05) is 38.6 Å². The molecule has 11 nitrogen and oxygen atoms in total. The first-order chi connectivity index (χ1) is 21.1. The Morgan fingerprint density at radius 1 is 1.07 bits per heavy atom. The highest BCUT2D eigenvalue weighted by molar-refractivity contribution is 6.07. The summed E-state index contributed by atoms with van der Waals surface area (Å²) in [4.78, 5) is 42.7. The van der Waals surface area contributed by atoms with E-state index in [0.29, 0.717) is 48.7 Å². The van der Waals surface area contributed by atoms with Gasteiger partial charge >= 0.3 is 12.1 Å². The maximum absolute atomic E-state index is 14.8. The van der Waals surface area contributed by atoms with Gasteiger partial charge in [-0.3, -0.25) is 14.4 Å². The predicted molar refractivity (Wildman–Crippen MR) is 167 cm³/mol. The van der Waals surface area contributed by atoms with Crippen molar-refractivity contribution in [1.29, 1.82) is 0 Å². The van der Waals surface area contributed by atoms with Crippen LogP contribution in [-0.4, -0.2) is 82.5 Å². The van der Waals surface area contributed by atoms with Crippen LogP contribution in [0.2, 0.25) is 0 Å². The highest BCUT2D eigenvalue weighted by atomic mass is 19.1. The summed E-state index contributed by atoms with van der Waals surface area (Å²) in [6.45, 7) is 12.7. The van der Waals surface area contributed by atoms with Gasteiger partial charge in [0.1, 0.15) is 28.8 Å². The highest BCUT2D eigenvalue weighted by Gasteiger charge is 2.33. The van der Waals surface area contributed by atoms with Crippen molar-refractivity contribution in [1.82, 2.24) is 19.6 Å². The fraction of sp³-hybridized carbons (Fsp3) is 0.455. The number of nitrogens with one attached hydrogen (secondary N) is 1. The number of carbonyl (C=O) groups excluding carboxylic acids is 3. The van der Waals surface area contributed by atoms with E-state index >= 15 is 0 Å². The third-order valence-corrected chi connectivity index (χ3v) is 7.53. The van der Waals surface area contributed by atoms with E-state index in [0.717, 1.165) is 0 Å². The molecule has 1 aliphatic heterocycles. The van der Waals surface area contributed by atoms with E-state index in [1.807, 2.05) is 27.7 Å². The number of ether oxygens (including phenoxy) is 3. The van der Waals surface area contributed by atoms with E-state index in [1.54, 1.807) is 60.9 Å². The zero-order valence-electron chi connectivity index (χ0n) is 27.1. The van der Waals surface area contributed by atoms with E-state index in [4.69, 9.17) is 14.2 Å². The number of piperazine rings is 1. The molecule has 4 rings (SSSR count). The Labute approximate surface area is 263 Å². The number of aromatic nitrogens is 2. The van der Waals surface area contributed by atoms with Crippen molar-refractivity contribution in [2.45, 2.75) is 59.3 Å². The summed E-state index contributed by atoms with van der Waals surface area (Å²) in [5, 5.41) is 6.91. The van der Waals surface area contributed by atoms with Crippen LogP contribution >= 0.6 is 0 Å². The van der Waals surface area contributed by atoms with Gasteiger partial charge in [-0.1, -0.05) is 12.1 Å². The molecule has 3 aromatic rings. The van der Waals surface area contributed by atoms with Crippen LogP contribution in [0.15, 0.2) is 42.6 Å². The van der Waals surface area contributed by atoms with Crippen LogP contribution < -0.4 is 10.1 Å².